The van der Waals surface area contributed by atoms with Crippen LogP contribution in [0.3, 0.4) is 0 Å². The number of para-hydroxylation sites is 1. The van der Waals surface area contributed by atoms with E-state index in [0.717, 1.165) is 5.56 Å². The number of carbonyl (C=O) groups excluding carboxylic acids is 1. The zero-order valence-corrected chi connectivity index (χ0v) is 11.9. The van der Waals surface area contributed by atoms with Crippen molar-refractivity contribution >= 4 is 17.4 Å². The van der Waals surface area contributed by atoms with Crippen LogP contribution < -0.4 is 4.74 Å². The van der Waals surface area contributed by atoms with Crippen LogP contribution in [0.5, 0.6) is 11.5 Å². The minimum Gasteiger partial charge on any atom is -0.507 e. The van der Waals surface area contributed by atoms with Gasteiger partial charge in [-0.05, 0) is 42.3 Å². The molecule has 104 valence electrons. The van der Waals surface area contributed by atoms with Crippen molar-refractivity contribution in [2.45, 2.75) is 12.8 Å². The summed E-state index contributed by atoms with van der Waals surface area (Å²) >= 11 is 5.95. The molecule has 0 saturated carbocycles. The zero-order valence-electron chi connectivity index (χ0n) is 11.1. The number of phenols is 1. The number of hydrogen-bond acceptors (Lipinski definition) is 3. The summed E-state index contributed by atoms with van der Waals surface area (Å²) in [5.74, 6) is 0.611. The van der Waals surface area contributed by atoms with Crippen LogP contribution in [-0.2, 0) is 6.42 Å². The fourth-order valence-corrected chi connectivity index (χ4v) is 2.23. The first-order chi connectivity index (χ1) is 9.61. The lowest BCUT2D eigenvalue weighted by atomic mass is 10.0. The number of rotatable bonds is 5. The highest BCUT2D eigenvalue weighted by Crippen LogP contribution is 2.25. The molecule has 2 aromatic carbocycles. The molecule has 2 rings (SSSR count). The van der Waals surface area contributed by atoms with E-state index in [1.165, 1.54) is 6.07 Å². The van der Waals surface area contributed by atoms with Gasteiger partial charge in [0, 0.05) is 11.4 Å². The maximum absolute atomic E-state index is 12.1. The van der Waals surface area contributed by atoms with Crippen LogP contribution in [0.25, 0.3) is 0 Å². The van der Waals surface area contributed by atoms with Gasteiger partial charge in [0.2, 0.25) is 0 Å². The van der Waals surface area contributed by atoms with Crippen molar-refractivity contribution in [2.24, 2.45) is 0 Å². The van der Waals surface area contributed by atoms with Crippen molar-refractivity contribution in [1.82, 2.24) is 0 Å². The van der Waals surface area contributed by atoms with Crippen molar-refractivity contribution in [3.8, 4) is 11.5 Å². The van der Waals surface area contributed by atoms with E-state index in [-0.39, 0.29) is 18.0 Å². The third-order valence-electron chi connectivity index (χ3n) is 3.07. The third kappa shape index (κ3) is 3.31. The van der Waals surface area contributed by atoms with Crippen LogP contribution >= 0.6 is 11.6 Å². The van der Waals surface area contributed by atoms with Gasteiger partial charge in [0.05, 0.1) is 12.7 Å². The predicted octanol–water partition coefficient (Wildman–Crippen LogP) is 3.87. The van der Waals surface area contributed by atoms with E-state index in [4.69, 9.17) is 16.3 Å². The summed E-state index contributed by atoms with van der Waals surface area (Å²) in [5, 5.41) is 10.3. The van der Waals surface area contributed by atoms with Crippen LogP contribution in [-0.4, -0.2) is 18.0 Å². The van der Waals surface area contributed by atoms with Gasteiger partial charge in [-0.1, -0.05) is 23.7 Å². The van der Waals surface area contributed by atoms with E-state index in [9.17, 15) is 9.90 Å². The van der Waals surface area contributed by atoms with Crippen LogP contribution in [0, 0.1) is 0 Å². The van der Waals surface area contributed by atoms with E-state index in [1.54, 1.807) is 43.5 Å². The van der Waals surface area contributed by atoms with Crippen LogP contribution in [0.1, 0.15) is 22.3 Å². The smallest absolute Gasteiger partial charge is 0.166 e. The Bertz CT molecular complexity index is 623. The lowest BCUT2D eigenvalue weighted by Gasteiger charge is -2.09. The van der Waals surface area contributed by atoms with Gasteiger partial charge >= 0.3 is 0 Å². The highest BCUT2D eigenvalue weighted by Gasteiger charge is 2.12. The number of aromatic hydroxyl groups is 1. The zero-order chi connectivity index (χ0) is 14.5. The Balaban J connectivity index is 2.11. The molecule has 0 bridgehead atoms. The summed E-state index contributed by atoms with van der Waals surface area (Å²) in [6.07, 6.45) is 0.797. The van der Waals surface area contributed by atoms with Gasteiger partial charge < -0.3 is 9.84 Å². The number of ether oxygens (including phenoxy) is 1. The number of benzene rings is 2. The molecule has 0 fully saturated rings. The summed E-state index contributed by atoms with van der Waals surface area (Å²) in [7, 11) is 1.58. The van der Waals surface area contributed by atoms with Crippen LogP contribution in [0.4, 0.5) is 0 Å². The molecule has 1 N–H and O–H groups in total. The molecule has 0 aliphatic carbocycles. The lowest BCUT2D eigenvalue weighted by molar-refractivity contribution is 0.0980. The Morgan fingerprint density at radius 1 is 1.25 bits per heavy atom. The monoisotopic (exact) mass is 290 g/mol. The van der Waals surface area contributed by atoms with Gasteiger partial charge in [0.1, 0.15) is 11.5 Å². The van der Waals surface area contributed by atoms with Crippen molar-refractivity contribution in [1.29, 1.82) is 0 Å². The summed E-state index contributed by atoms with van der Waals surface area (Å²) in [6, 6.07) is 11.9. The third-order valence-corrected chi connectivity index (χ3v) is 3.30. The molecule has 0 radical (unpaired) electrons. The fourth-order valence-electron chi connectivity index (χ4n) is 2.03. The van der Waals surface area contributed by atoms with Gasteiger partial charge in [0.25, 0.3) is 0 Å². The molecule has 0 unspecified atom stereocenters. The molecule has 0 atom stereocenters. The van der Waals surface area contributed by atoms with E-state index in [0.29, 0.717) is 22.8 Å². The van der Waals surface area contributed by atoms with Crippen molar-refractivity contribution in [3.05, 3.63) is 58.6 Å². The Hall–Kier alpha value is -2.00. The van der Waals surface area contributed by atoms with Gasteiger partial charge in [-0.3, -0.25) is 4.79 Å². The van der Waals surface area contributed by atoms with Crippen LogP contribution in [0.2, 0.25) is 5.02 Å². The second-order valence-electron chi connectivity index (χ2n) is 4.40. The summed E-state index contributed by atoms with van der Waals surface area (Å²) in [5.41, 5.74) is 1.22. The normalized spacial score (nSPS) is 10.3. The minimum absolute atomic E-state index is 0.00978. The molecule has 0 aliphatic rings. The number of halogens is 1. The number of Topliss-reactive ketones (excluding diaryl/α,β-unsaturated/α-hetero) is 1. The van der Waals surface area contributed by atoms with E-state index in [1.807, 2.05) is 0 Å². The maximum atomic E-state index is 12.1. The highest BCUT2D eigenvalue weighted by molar-refractivity contribution is 6.30. The SMILES string of the molecule is COc1ccc(Cl)cc1CCC(=O)c1ccccc1O. The first-order valence-corrected chi connectivity index (χ1v) is 6.63. The average molecular weight is 291 g/mol. The number of hydrogen-bond donors (Lipinski definition) is 1. The molecule has 4 heteroatoms. The summed E-state index contributed by atoms with van der Waals surface area (Å²) in [6.45, 7) is 0. The first-order valence-electron chi connectivity index (χ1n) is 6.25. The standard InChI is InChI=1S/C16H15ClO3/c1-20-16-9-7-12(17)10-11(16)6-8-15(19)13-4-2-3-5-14(13)18/h2-5,7,9-10,18H,6,8H2,1H3. The Kier molecular flexibility index (Phi) is 4.64. The largest absolute Gasteiger partial charge is 0.507 e. The highest BCUT2D eigenvalue weighted by atomic mass is 35.5. The molecule has 3 nitrogen and oxygen atoms in total. The molecule has 0 saturated heterocycles. The van der Waals surface area contributed by atoms with Crippen molar-refractivity contribution < 1.29 is 14.6 Å². The maximum Gasteiger partial charge on any atom is 0.166 e. The fraction of sp³-hybridized carbons (Fsp3) is 0.188. The Morgan fingerprint density at radius 3 is 2.70 bits per heavy atom. The lowest BCUT2D eigenvalue weighted by Crippen LogP contribution is -2.02. The van der Waals surface area contributed by atoms with E-state index < -0.39 is 0 Å². The Labute approximate surface area is 122 Å². The van der Waals surface area contributed by atoms with Crippen molar-refractivity contribution in [2.75, 3.05) is 7.11 Å². The van der Waals surface area contributed by atoms with E-state index >= 15 is 0 Å². The summed E-state index contributed by atoms with van der Waals surface area (Å²) < 4.78 is 5.24. The average Bonchev–Trinajstić information content (AvgIpc) is 2.45. The number of methoxy groups -OCH3 is 1. The molecule has 20 heavy (non-hydrogen) atoms. The second kappa shape index (κ2) is 6.44. The number of aryl methyl sites for hydroxylation is 1. The molecular weight excluding hydrogens is 276 g/mol. The van der Waals surface area contributed by atoms with Gasteiger partial charge in [-0.2, -0.15) is 0 Å². The molecule has 2 aromatic rings. The van der Waals surface area contributed by atoms with E-state index in [2.05, 4.69) is 0 Å². The number of ketones is 1. The molecule has 0 amide bonds. The molecule has 0 aliphatic heterocycles. The second-order valence-corrected chi connectivity index (χ2v) is 4.83. The minimum atomic E-state index is -0.106. The molecule has 0 aromatic heterocycles. The molecule has 0 spiro atoms. The van der Waals surface area contributed by atoms with Crippen molar-refractivity contribution in [3.63, 3.8) is 0 Å². The Morgan fingerprint density at radius 2 is 2.00 bits per heavy atom. The number of carbonyl (C=O) groups is 1. The van der Waals surface area contributed by atoms with Crippen LogP contribution in [0.15, 0.2) is 42.5 Å². The van der Waals surface area contributed by atoms with Gasteiger partial charge in [-0.15, -0.1) is 0 Å². The van der Waals surface area contributed by atoms with Gasteiger partial charge in [-0.25, -0.2) is 0 Å². The molecular formula is C16H15ClO3. The number of phenolic OH excluding ortho intramolecular Hbond substituents is 1. The molecule has 0 heterocycles. The quantitative estimate of drug-likeness (QED) is 0.850. The topological polar surface area (TPSA) is 46.5 Å². The summed E-state index contributed by atoms with van der Waals surface area (Å²) in [4.78, 5) is 12.1. The van der Waals surface area contributed by atoms with Gasteiger partial charge in [0.15, 0.2) is 5.78 Å². The predicted molar refractivity (Wildman–Crippen MR) is 78.8 cm³/mol. The first kappa shape index (κ1) is 14.4.